The fourth-order valence-electron chi connectivity index (χ4n) is 2.72. The second kappa shape index (κ2) is 4.79. The van der Waals surface area contributed by atoms with Crippen molar-refractivity contribution >= 4 is 48.8 Å². The Bertz CT molecular complexity index is 862. The summed E-state index contributed by atoms with van der Waals surface area (Å²) in [7, 11) is 0. The molecule has 0 atom stereocenters. The molecule has 1 aliphatic rings. The van der Waals surface area contributed by atoms with Crippen LogP contribution in [0.3, 0.4) is 0 Å². The predicted molar refractivity (Wildman–Crippen MR) is 87.9 cm³/mol. The second-order valence-corrected chi connectivity index (χ2v) is 7.85. The summed E-state index contributed by atoms with van der Waals surface area (Å²) >= 11 is 6.71. The van der Waals surface area contributed by atoms with Gasteiger partial charge in [-0.05, 0) is 53.2 Å². The molecule has 3 aromatic heterocycles. The van der Waals surface area contributed by atoms with Gasteiger partial charge in [-0.25, -0.2) is 4.98 Å². The van der Waals surface area contributed by atoms with E-state index in [2.05, 4.69) is 25.9 Å². The van der Waals surface area contributed by atoms with Crippen molar-refractivity contribution in [3.05, 3.63) is 36.7 Å². The van der Waals surface area contributed by atoms with Crippen LogP contribution in [0.15, 0.2) is 20.7 Å². The third-order valence-electron chi connectivity index (χ3n) is 3.63. The number of aromatic amines is 1. The van der Waals surface area contributed by atoms with Crippen molar-refractivity contribution < 1.29 is 0 Å². The molecule has 0 saturated carbocycles. The molecular weight excluding hydrogens is 356 g/mol. The molecule has 102 valence electrons. The molecule has 3 nitrogen and oxygen atoms in total. The van der Waals surface area contributed by atoms with Crippen LogP contribution in [-0.2, 0) is 12.8 Å². The summed E-state index contributed by atoms with van der Waals surface area (Å²) in [5.74, 6) is 0.678. The lowest BCUT2D eigenvalue weighted by atomic mass is 9.97. The number of aryl methyl sites for hydroxylation is 2. The summed E-state index contributed by atoms with van der Waals surface area (Å²) in [5.41, 5.74) is 1.25. The molecule has 0 aromatic carbocycles. The molecular formula is C14H11BrN2OS2. The number of thiophene rings is 2. The minimum Gasteiger partial charge on any atom is -0.305 e. The zero-order valence-corrected chi connectivity index (χ0v) is 13.8. The highest BCUT2D eigenvalue weighted by atomic mass is 79.9. The number of nitrogens with zero attached hydrogens (tertiary/aromatic N) is 1. The molecule has 0 unspecified atom stereocenters. The minimum atomic E-state index is 0.00826. The molecule has 1 aliphatic carbocycles. The van der Waals surface area contributed by atoms with Gasteiger partial charge in [0.2, 0.25) is 0 Å². The van der Waals surface area contributed by atoms with Crippen molar-refractivity contribution in [1.29, 1.82) is 0 Å². The molecule has 0 bridgehead atoms. The standard InChI is InChI=1S/C14H11BrN2OS2/c15-7-5-10(19-6-7)12-16-13(18)11-8-3-1-2-4-9(8)20-14(11)17-12/h5-6H,1-4H2,(H,16,17,18). The summed E-state index contributed by atoms with van der Waals surface area (Å²) in [6, 6.07) is 1.99. The first-order chi connectivity index (χ1) is 9.72. The Labute approximate surface area is 131 Å². The van der Waals surface area contributed by atoms with Crippen LogP contribution >= 0.6 is 38.6 Å². The molecule has 3 aromatic rings. The minimum absolute atomic E-state index is 0.00826. The van der Waals surface area contributed by atoms with Crippen molar-refractivity contribution in [2.24, 2.45) is 0 Å². The summed E-state index contributed by atoms with van der Waals surface area (Å²) in [4.78, 5) is 23.3. The lowest BCUT2D eigenvalue weighted by molar-refractivity contribution is 0.700. The molecule has 6 heteroatoms. The predicted octanol–water partition coefficient (Wildman–Crippen LogP) is 4.35. The van der Waals surface area contributed by atoms with Crippen molar-refractivity contribution in [2.75, 3.05) is 0 Å². The SMILES string of the molecule is O=c1[nH]c(-c2cc(Br)cs2)nc2sc3c(c12)CCCC3. The molecule has 0 saturated heterocycles. The molecule has 0 amide bonds. The van der Waals surface area contributed by atoms with Gasteiger partial charge in [0.05, 0.1) is 10.3 Å². The third kappa shape index (κ3) is 1.98. The number of rotatable bonds is 1. The van der Waals surface area contributed by atoms with Crippen LogP contribution < -0.4 is 5.56 Å². The van der Waals surface area contributed by atoms with Crippen LogP contribution in [-0.4, -0.2) is 9.97 Å². The van der Waals surface area contributed by atoms with Gasteiger partial charge in [0.25, 0.3) is 5.56 Å². The fraction of sp³-hybridized carbons (Fsp3) is 0.286. The quantitative estimate of drug-likeness (QED) is 0.695. The Morgan fingerprint density at radius 1 is 1.30 bits per heavy atom. The molecule has 0 spiro atoms. The van der Waals surface area contributed by atoms with E-state index in [1.807, 2.05) is 11.4 Å². The van der Waals surface area contributed by atoms with Gasteiger partial charge in [-0.2, -0.15) is 0 Å². The number of H-pyrrole nitrogens is 1. The van der Waals surface area contributed by atoms with E-state index in [1.54, 1.807) is 22.7 Å². The summed E-state index contributed by atoms with van der Waals surface area (Å²) in [5, 5.41) is 2.82. The van der Waals surface area contributed by atoms with Crippen LogP contribution in [0.2, 0.25) is 0 Å². The molecule has 4 rings (SSSR count). The fourth-order valence-corrected chi connectivity index (χ4v) is 5.35. The van der Waals surface area contributed by atoms with E-state index < -0.39 is 0 Å². The van der Waals surface area contributed by atoms with Crippen molar-refractivity contribution in [2.45, 2.75) is 25.7 Å². The van der Waals surface area contributed by atoms with Crippen molar-refractivity contribution in [1.82, 2.24) is 9.97 Å². The van der Waals surface area contributed by atoms with E-state index in [9.17, 15) is 4.79 Å². The maximum atomic E-state index is 12.4. The normalized spacial score (nSPS) is 14.7. The highest BCUT2D eigenvalue weighted by Gasteiger charge is 2.20. The second-order valence-electron chi connectivity index (χ2n) is 4.93. The number of fused-ring (bicyclic) bond motifs is 3. The van der Waals surface area contributed by atoms with E-state index in [0.717, 1.165) is 32.4 Å². The van der Waals surface area contributed by atoms with Crippen molar-refractivity contribution in [3.8, 4) is 10.7 Å². The Hall–Kier alpha value is -0.980. The third-order valence-corrected chi connectivity index (χ3v) is 6.51. The maximum absolute atomic E-state index is 12.4. The van der Waals surface area contributed by atoms with Crippen LogP contribution in [0.4, 0.5) is 0 Å². The van der Waals surface area contributed by atoms with Crippen LogP contribution in [0.25, 0.3) is 20.9 Å². The van der Waals surface area contributed by atoms with E-state index in [1.165, 1.54) is 23.3 Å². The average Bonchev–Trinajstić information content (AvgIpc) is 3.01. The maximum Gasteiger partial charge on any atom is 0.260 e. The van der Waals surface area contributed by atoms with Gasteiger partial charge in [-0.3, -0.25) is 4.79 Å². The van der Waals surface area contributed by atoms with Gasteiger partial charge in [0.15, 0.2) is 5.82 Å². The summed E-state index contributed by atoms with van der Waals surface area (Å²) in [6.45, 7) is 0. The van der Waals surface area contributed by atoms with Gasteiger partial charge in [0, 0.05) is 14.7 Å². The molecule has 0 fully saturated rings. The average molecular weight is 367 g/mol. The number of aromatic nitrogens is 2. The zero-order chi connectivity index (χ0) is 13.7. The Morgan fingerprint density at radius 2 is 2.15 bits per heavy atom. The van der Waals surface area contributed by atoms with Gasteiger partial charge >= 0.3 is 0 Å². The van der Waals surface area contributed by atoms with Gasteiger partial charge in [-0.15, -0.1) is 22.7 Å². The van der Waals surface area contributed by atoms with Gasteiger partial charge in [0.1, 0.15) is 4.83 Å². The van der Waals surface area contributed by atoms with E-state index >= 15 is 0 Å². The smallest absolute Gasteiger partial charge is 0.260 e. The first kappa shape index (κ1) is 12.7. The van der Waals surface area contributed by atoms with Crippen LogP contribution in [0.5, 0.6) is 0 Å². The van der Waals surface area contributed by atoms with Crippen LogP contribution in [0.1, 0.15) is 23.3 Å². The Morgan fingerprint density at radius 3 is 2.95 bits per heavy atom. The van der Waals surface area contributed by atoms with Crippen LogP contribution in [0, 0.1) is 0 Å². The molecule has 0 radical (unpaired) electrons. The Kier molecular flexibility index (Phi) is 3.05. The molecule has 1 N–H and O–H groups in total. The van der Waals surface area contributed by atoms with E-state index in [4.69, 9.17) is 0 Å². The lowest BCUT2D eigenvalue weighted by Gasteiger charge is -2.09. The number of hydrogen-bond acceptors (Lipinski definition) is 4. The van der Waals surface area contributed by atoms with E-state index in [-0.39, 0.29) is 5.56 Å². The van der Waals surface area contributed by atoms with Crippen molar-refractivity contribution in [3.63, 3.8) is 0 Å². The highest BCUT2D eigenvalue weighted by molar-refractivity contribution is 9.10. The Balaban J connectivity index is 1.97. The topological polar surface area (TPSA) is 45.8 Å². The van der Waals surface area contributed by atoms with Gasteiger partial charge in [-0.1, -0.05) is 0 Å². The molecule has 0 aliphatic heterocycles. The summed E-state index contributed by atoms with van der Waals surface area (Å²) < 4.78 is 1.02. The lowest BCUT2D eigenvalue weighted by Crippen LogP contribution is -2.10. The highest BCUT2D eigenvalue weighted by Crippen LogP contribution is 2.35. The number of hydrogen-bond donors (Lipinski definition) is 1. The number of halogens is 1. The first-order valence-electron chi connectivity index (χ1n) is 6.51. The number of nitrogens with one attached hydrogen (secondary N) is 1. The monoisotopic (exact) mass is 366 g/mol. The first-order valence-corrected chi connectivity index (χ1v) is 9.00. The molecule has 3 heterocycles. The molecule has 20 heavy (non-hydrogen) atoms. The zero-order valence-electron chi connectivity index (χ0n) is 10.5. The van der Waals surface area contributed by atoms with Gasteiger partial charge < -0.3 is 4.98 Å². The van der Waals surface area contributed by atoms with E-state index in [0.29, 0.717) is 5.82 Å². The largest absolute Gasteiger partial charge is 0.305 e. The summed E-state index contributed by atoms with van der Waals surface area (Å²) in [6.07, 6.45) is 4.51.